The van der Waals surface area contributed by atoms with Crippen LogP contribution in [-0.4, -0.2) is 19.7 Å². The Bertz CT molecular complexity index is 813. The van der Waals surface area contributed by atoms with E-state index in [1.54, 1.807) is 4.68 Å². The molecule has 112 valence electrons. The van der Waals surface area contributed by atoms with Crippen molar-refractivity contribution in [2.75, 3.05) is 5.73 Å². The van der Waals surface area contributed by atoms with Gasteiger partial charge in [0.05, 0.1) is 5.69 Å². The Kier molecular flexibility index (Phi) is 3.81. The van der Waals surface area contributed by atoms with Gasteiger partial charge in [-0.2, -0.15) is 10.1 Å². The van der Waals surface area contributed by atoms with Crippen molar-refractivity contribution in [1.82, 2.24) is 19.7 Å². The van der Waals surface area contributed by atoms with E-state index in [1.807, 2.05) is 44.2 Å². The average Bonchev–Trinajstić information content (AvgIpc) is 2.82. The number of nitrogen functional groups attached to an aromatic ring is 1. The smallest absolute Gasteiger partial charge is 0.248 e. The zero-order valence-corrected chi connectivity index (χ0v) is 13.7. The highest BCUT2D eigenvalue weighted by Crippen LogP contribution is 2.29. The first-order valence-electron chi connectivity index (χ1n) is 6.62. The fourth-order valence-electron chi connectivity index (χ4n) is 2.08. The van der Waals surface area contributed by atoms with Gasteiger partial charge < -0.3 is 10.5 Å². The van der Waals surface area contributed by atoms with Crippen LogP contribution in [-0.2, 0) is 0 Å². The van der Waals surface area contributed by atoms with E-state index in [0.717, 1.165) is 15.9 Å². The first-order valence-corrected chi connectivity index (χ1v) is 7.41. The Balaban J connectivity index is 1.98. The number of ether oxygens (including phenoxy) is 1. The molecule has 0 saturated carbocycles. The maximum atomic E-state index is 6.15. The second-order valence-corrected chi connectivity index (χ2v) is 5.73. The van der Waals surface area contributed by atoms with Crippen molar-refractivity contribution in [3.8, 4) is 17.4 Å². The molecule has 0 saturated heterocycles. The molecule has 2 aromatic heterocycles. The molecule has 22 heavy (non-hydrogen) atoms. The van der Waals surface area contributed by atoms with Gasteiger partial charge in [0.15, 0.2) is 5.82 Å². The predicted molar refractivity (Wildman–Crippen MR) is 87.3 cm³/mol. The van der Waals surface area contributed by atoms with Crippen LogP contribution < -0.4 is 10.5 Å². The first kappa shape index (κ1) is 14.5. The number of halogens is 1. The maximum absolute atomic E-state index is 6.15. The summed E-state index contributed by atoms with van der Waals surface area (Å²) in [6.45, 7) is 3.86. The molecule has 0 amide bonds. The van der Waals surface area contributed by atoms with Gasteiger partial charge in [0.25, 0.3) is 0 Å². The Morgan fingerprint density at radius 3 is 2.50 bits per heavy atom. The molecule has 6 nitrogen and oxygen atoms in total. The van der Waals surface area contributed by atoms with Gasteiger partial charge in [0, 0.05) is 10.2 Å². The van der Waals surface area contributed by atoms with Gasteiger partial charge in [-0.15, -0.1) is 0 Å². The molecule has 0 aliphatic rings. The van der Waals surface area contributed by atoms with E-state index in [9.17, 15) is 0 Å². The Morgan fingerprint density at radius 1 is 1.14 bits per heavy atom. The molecule has 0 unspecified atom stereocenters. The molecule has 0 spiro atoms. The lowest BCUT2D eigenvalue weighted by Gasteiger charge is -2.11. The summed E-state index contributed by atoms with van der Waals surface area (Å²) in [5, 5.41) is 4.39. The molecule has 3 aromatic rings. The molecular formula is C15H14BrN5O. The van der Waals surface area contributed by atoms with E-state index in [0.29, 0.717) is 23.1 Å². The fourth-order valence-corrected chi connectivity index (χ4v) is 2.34. The number of nitrogens with two attached hydrogens (primary N) is 1. The molecule has 0 fully saturated rings. The topological polar surface area (TPSA) is 78.8 Å². The van der Waals surface area contributed by atoms with Gasteiger partial charge in [0.2, 0.25) is 5.88 Å². The van der Waals surface area contributed by atoms with E-state index in [4.69, 9.17) is 10.5 Å². The van der Waals surface area contributed by atoms with Crippen LogP contribution in [0.4, 0.5) is 5.69 Å². The number of hydrogen-bond acceptors (Lipinski definition) is 5. The summed E-state index contributed by atoms with van der Waals surface area (Å²) >= 11 is 3.38. The van der Waals surface area contributed by atoms with Gasteiger partial charge in [-0.25, -0.2) is 9.67 Å². The Labute approximate surface area is 136 Å². The van der Waals surface area contributed by atoms with Crippen LogP contribution in [0.3, 0.4) is 0 Å². The third-order valence-electron chi connectivity index (χ3n) is 3.06. The van der Waals surface area contributed by atoms with Gasteiger partial charge in [0.1, 0.15) is 17.8 Å². The maximum Gasteiger partial charge on any atom is 0.248 e. The molecule has 0 atom stereocenters. The van der Waals surface area contributed by atoms with Gasteiger partial charge in [-0.1, -0.05) is 15.9 Å². The summed E-state index contributed by atoms with van der Waals surface area (Å²) in [5.41, 5.74) is 8.33. The van der Waals surface area contributed by atoms with Crippen LogP contribution >= 0.6 is 15.9 Å². The van der Waals surface area contributed by atoms with E-state index < -0.39 is 0 Å². The summed E-state index contributed by atoms with van der Waals surface area (Å²) < 4.78 is 8.39. The Hall–Kier alpha value is -2.41. The van der Waals surface area contributed by atoms with E-state index >= 15 is 0 Å². The minimum absolute atomic E-state index is 0.305. The molecule has 1 aromatic carbocycles. The molecular weight excluding hydrogens is 346 g/mol. The molecule has 0 aliphatic carbocycles. The minimum atomic E-state index is 0.305. The Morgan fingerprint density at radius 2 is 1.86 bits per heavy atom. The third kappa shape index (κ3) is 2.80. The van der Waals surface area contributed by atoms with Crippen LogP contribution in [0.5, 0.6) is 11.6 Å². The molecule has 3 rings (SSSR count). The monoisotopic (exact) mass is 359 g/mol. The van der Waals surface area contributed by atoms with Gasteiger partial charge in [-0.3, -0.25) is 0 Å². The normalized spacial score (nSPS) is 10.7. The van der Waals surface area contributed by atoms with Crippen LogP contribution in [0, 0.1) is 13.8 Å². The number of benzene rings is 1. The number of nitrogens with zero attached hydrogens (tertiary/aromatic N) is 4. The van der Waals surface area contributed by atoms with E-state index in [2.05, 4.69) is 31.0 Å². The summed E-state index contributed by atoms with van der Waals surface area (Å²) in [6.07, 6.45) is 1.41. The van der Waals surface area contributed by atoms with Crippen LogP contribution in [0.15, 0.2) is 41.1 Å². The van der Waals surface area contributed by atoms with Crippen molar-refractivity contribution in [3.05, 3.63) is 52.5 Å². The van der Waals surface area contributed by atoms with Crippen molar-refractivity contribution < 1.29 is 4.74 Å². The molecule has 0 aliphatic heterocycles. The lowest BCUT2D eigenvalue weighted by atomic mass is 10.3. The average molecular weight is 360 g/mol. The van der Waals surface area contributed by atoms with Crippen molar-refractivity contribution >= 4 is 21.6 Å². The zero-order chi connectivity index (χ0) is 15.7. The summed E-state index contributed by atoms with van der Waals surface area (Å²) in [7, 11) is 0. The van der Waals surface area contributed by atoms with Crippen molar-refractivity contribution in [3.63, 3.8) is 0 Å². The van der Waals surface area contributed by atoms with Crippen LogP contribution in [0.2, 0.25) is 0 Å². The molecule has 0 radical (unpaired) electrons. The fraction of sp³-hybridized carbons (Fsp3) is 0.133. The summed E-state index contributed by atoms with van der Waals surface area (Å²) in [6, 6.07) is 9.38. The molecule has 0 bridgehead atoms. The number of rotatable bonds is 3. The quantitative estimate of drug-likeness (QED) is 0.774. The number of hydrogen-bond donors (Lipinski definition) is 1. The molecule has 7 heteroatoms. The van der Waals surface area contributed by atoms with Crippen molar-refractivity contribution in [2.45, 2.75) is 13.8 Å². The van der Waals surface area contributed by atoms with Crippen molar-refractivity contribution in [1.29, 1.82) is 0 Å². The van der Waals surface area contributed by atoms with Gasteiger partial charge in [-0.05, 0) is 44.2 Å². The molecule has 2 heterocycles. The van der Waals surface area contributed by atoms with E-state index in [-0.39, 0.29) is 0 Å². The number of aryl methyl sites for hydroxylation is 2. The second-order valence-electron chi connectivity index (χ2n) is 4.81. The number of aromatic nitrogens is 4. The minimum Gasteiger partial charge on any atom is -0.437 e. The highest BCUT2D eigenvalue weighted by atomic mass is 79.9. The third-order valence-corrected chi connectivity index (χ3v) is 3.59. The SMILES string of the molecule is Cc1cc(C)n(-c2ncnc(Oc3ccc(Br)cc3)c2N)n1. The highest BCUT2D eigenvalue weighted by Gasteiger charge is 2.14. The van der Waals surface area contributed by atoms with Crippen LogP contribution in [0.25, 0.3) is 5.82 Å². The highest BCUT2D eigenvalue weighted by molar-refractivity contribution is 9.10. The summed E-state index contributed by atoms with van der Waals surface area (Å²) in [4.78, 5) is 8.32. The van der Waals surface area contributed by atoms with Crippen molar-refractivity contribution in [2.24, 2.45) is 0 Å². The molecule has 2 N–H and O–H groups in total. The number of anilines is 1. The summed E-state index contributed by atoms with van der Waals surface area (Å²) in [5.74, 6) is 1.46. The first-order chi connectivity index (χ1) is 10.5. The lowest BCUT2D eigenvalue weighted by molar-refractivity contribution is 0.463. The van der Waals surface area contributed by atoms with E-state index in [1.165, 1.54) is 6.33 Å². The lowest BCUT2D eigenvalue weighted by Crippen LogP contribution is -2.08. The largest absolute Gasteiger partial charge is 0.437 e. The van der Waals surface area contributed by atoms with Gasteiger partial charge >= 0.3 is 0 Å². The van der Waals surface area contributed by atoms with Crippen LogP contribution in [0.1, 0.15) is 11.4 Å². The predicted octanol–water partition coefficient (Wildman–Crippen LogP) is 3.42. The standard InChI is InChI=1S/C15H14BrN5O/c1-9-7-10(2)21(20-9)14-13(17)15(19-8-18-14)22-12-5-3-11(16)4-6-12/h3-8H,17H2,1-2H3. The second kappa shape index (κ2) is 5.76. The zero-order valence-electron chi connectivity index (χ0n) is 12.1.